The second-order valence-electron chi connectivity index (χ2n) is 6.30. The van der Waals surface area contributed by atoms with Crippen molar-refractivity contribution in [1.29, 1.82) is 0 Å². The molecule has 0 unspecified atom stereocenters. The quantitative estimate of drug-likeness (QED) is 0.181. The molecule has 3 aromatic carbocycles. The van der Waals surface area contributed by atoms with Crippen LogP contribution in [0, 0.1) is 10.1 Å². The molecule has 0 saturated carbocycles. The molecule has 0 aliphatic rings. The van der Waals surface area contributed by atoms with Gasteiger partial charge < -0.3 is 9.47 Å². The summed E-state index contributed by atoms with van der Waals surface area (Å²) in [4.78, 5) is 34.2. The molecule has 162 valence electrons. The number of hydrogen-bond donors (Lipinski definition) is 1. The highest BCUT2D eigenvalue weighted by Gasteiger charge is 2.11. The van der Waals surface area contributed by atoms with Crippen LogP contribution in [-0.4, -0.2) is 29.6 Å². The summed E-state index contributed by atoms with van der Waals surface area (Å²) in [6.07, 6.45) is 1.38. The number of halogens is 1. The molecule has 1 amide bonds. The fourth-order valence-electron chi connectivity index (χ4n) is 2.43. The monoisotopic (exact) mass is 453 g/mol. The van der Waals surface area contributed by atoms with E-state index in [2.05, 4.69) is 10.5 Å². The van der Waals surface area contributed by atoms with Crippen molar-refractivity contribution in [2.45, 2.75) is 0 Å². The van der Waals surface area contributed by atoms with Crippen LogP contribution in [0.4, 0.5) is 5.69 Å². The van der Waals surface area contributed by atoms with E-state index in [4.69, 9.17) is 21.1 Å². The summed E-state index contributed by atoms with van der Waals surface area (Å²) in [6.45, 7) is -0.230. The minimum atomic E-state index is -0.665. The molecule has 3 aromatic rings. The van der Waals surface area contributed by atoms with Crippen molar-refractivity contribution in [2.24, 2.45) is 5.10 Å². The predicted octanol–water partition coefficient (Wildman–Crippen LogP) is 4.00. The molecule has 0 fully saturated rings. The Bertz CT molecular complexity index is 1150. The summed E-state index contributed by atoms with van der Waals surface area (Å²) >= 11 is 5.78. The van der Waals surface area contributed by atoms with Gasteiger partial charge in [0.1, 0.15) is 11.5 Å². The lowest BCUT2D eigenvalue weighted by Gasteiger charge is -2.06. The Labute approximate surface area is 187 Å². The average Bonchev–Trinajstić information content (AvgIpc) is 2.79. The van der Waals surface area contributed by atoms with Crippen molar-refractivity contribution < 1.29 is 24.0 Å². The Kier molecular flexibility index (Phi) is 7.50. The lowest BCUT2D eigenvalue weighted by molar-refractivity contribution is -0.384. The van der Waals surface area contributed by atoms with Crippen LogP contribution in [0.5, 0.6) is 11.5 Å². The summed E-state index contributed by atoms with van der Waals surface area (Å²) in [7, 11) is 0. The molecule has 10 heteroatoms. The SMILES string of the molecule is O=C(COc1ccc(Cl)cc1)NN=Cc1cccc(OC(=O)c2ccc([N+](=O)[O-])cc2)c1. The molecule has 3 rings (SSSR count). The molecular formula is C22H16ClN3O6. The van der Waals surface area contributed by atoms with Crippen molar-refractivity contribution in [3.63, 3.8) is 0 Å². The van der Waals surface area contributed by atoms with E-state index >= 15 is 0 Å². The number of esters is 1. The first-order valence-electron chi connectivity index (χ1n) is 9.18. The van der Waals surface area contributed by atoms with Crippen LogP contribution < -0.4 is 14.9 Å². The van der Waals surface area contributed by atoms with Crippen molar-refractivity contribution in [2.75, 3.05) is 6.61 Å². The summed E-state index contributed by atoms with van der Waals surface area (Å²) in [5, 5.41) is 15.1. The van der Waals surface area contributed by atoms with Gasteiger partial charge in [0.15, 0.2) is 6.61 Å². The van der Waals surface area contributed by atoms with Crippen LogP contribution in [0.3, 0.4) is 0 Å². The number of nitrogens with one attached hydrogen (secondary N) is 1. The number of benzene rings is 3. The number of carbonyl (C=O) groups excluding carboxylic acids is 2. The fourth-order valence-corrected chi connectivity index (χ4v) is 2.56. The third-order valence-corrected chi connectivity index (χ3v) is 4.22. The van der Waals surface area contributed by atoms with Crippen LogP contribution in [0.25, 0.3) is 0 Å². The zero-order chi connectivity index (χ0) is 22.9. The maximum Gasteiger partial charge on any atom is 0.343 e. The minimum Gasteiger partial charge on any atom is -0.484 e. The van der Waals surface area contributed by atoms with Gasteiger partial charge in [-0.25, -0.2) is 10.2 Å². The van der Waals surface area contributed by atoms with Gasteiger partial charge in [-0.2, -0.15) is 5.10 Å². The van der Waals surface area contributed by atoms with Gasteiger partial charge in [0.05, 0.1) is 16.7 Å². The highest BCUT2D eigenvalue weighted by atomic mass is 35.5. The van der Waals surface area contributed by atoms with Crippen LogP contribution in [-0.2, 0) is 4.79 Å². The predicted molar refractivity (Wildman–Crippen MR) is 117 cm³/mol. The first kappa shape index (κ1) is 22.4. The number of amides is 1. The van der Waals surface area contributed by atoms with E-state index in [0.29, 0.717) is 16.3 Å². The highest BCUT2D eigenvalue weighted by Crippen LogP contribution is 2.17. The van der Waals surface area contributed by atoms with Gasteiger partial charge >= 0.3 is 5.97 Å². The molecule has 0 bridgehead atoms. The van der Waals surface area contributed by atoms with Gasteiger partial charge in [-0.1, -0.05) is 23.7 Å². The molecule has 0 aliphatic carbocycles. The number of rotatable bonds is 8. The fraction of sp³-hybridized carbons (Fsp3) is 0.0455. The normalized spacial score (nSPS) is 10.5. The number of nitro benzene ring substituents is 1. The Morgan fingerprint density at radius 1 is 1.03 bits per heavy atom. The van der Waals surface area contributed by atoms with E-state index in [0.717, 1.165) is 0 Å². The standard InChI is InChI=1S/C22H16ClN3O6/c23-17-6-10-19(11-7-17)31-14-21(27)25-24-13-15-2-1-3-20(12-15)32-22(28)16-4-8-18(9-5-16)26(29)30/h1-13H,14H2,(H,25,27). The zero-order valence-electron chi connectivity index (χ0n) is 16.4. The van der Waals surface area contributed by atoms with E-state index in [1.165, 1.54) is 30.5 Å². The topological polar surface area (TPSA) is 120 Å². The van der Waals surface area contributed by atoms with Crippen molar-refractivity contribution in [3.8, 4) is 11.5 Å². The molecule has 0 radical (unpaired) electrons. The van der Waals surface area contributed by atoms with Gasteiger partial charge in [-0.15, -0.1) is 0 Å². The minimum absolute atomic E-state index is 0.125. The summed E-state index contributed by atoms with van der Waals surface area (Å²) < 4.78 is 10.6. The average molecular weight is 454 g/mol. The van der Waals surface area contributed by atoms with Gasteiger partial charge in [-0.05, 0) is 54.1 Å². The third kappa shape index (κ3) is 6.64. The van der Waals surface area contributed by atoms with Gasteiger partial charge in [0.2, 0.25) is 0 Å². The molecule has 0 aromatic heterocycles. The molecule has 0 heterocycles. The first-order chi connectivity index (χ1) is 15.4. The number of non-ortho nitro benzene ring substituents is 1. The Balaban J connectivity index is 1.51. The third-order valence-electron chi connectivity index (χ3n) is 3.97. The van der Waals surface area contributed by atoms with Crippen molar-refractivity contribution in [1.82, 2.24) is 5.43 Å². The zero-order valence-corrected chi connectivity index (χ0v) is 17.2. The number of ether oxygens (including phenoxy) is 2. The summed E-state index contributed by atoms with van der Waals surface area (Å²) in [5.74, 6) is -0.385. The van der Waals surface area contributed by atoms with Crippen LogP contribution in [0.15, 0.2) is 77.9 Å². The number of hydrogen-bond acceptors (Lipinski definition) is 7. The molecule has 32 heavy (non-hydrogen) atoms. The van der Waals surface area contributed by atoms with E-state index in [9.17, 15) is 19.7 Å². The number of nitro groups is 1. The van der Waals surface area contributed by atoms with E-state index < -0.39 is 16.8 Å². The van der Waals surface area contributed by atoms with Crippen molar-refractivity contribution >= 4 is 35.4 Å². The Morgan fingerprint density at radius 3 is 2.44 bits per heavy atom. The first-order valence-corrected chi connectivity index (χ1v) is 9.55. The Morgan fingerprint density at radius 2 is 1.75 bits per heavy atom. The smallest absolute Gasteiger partial charge is 0.343 e. The number of hydrazone groups is 1. The molecule has 0 spiro atoms. The van der Waals surface area contributed by atoms with Crippen LogP contribution in [0.1, 0.15) is 15.9 Å². The maximum atomic E-state index is 12.2. The van der Waals surface area contributed by atoms with Gasteiger partial charge in [0, 0.05) is 17.2 Å². The number of nitrogens with zero attached hydrogens (tertiary/aromatic N) is 2. The second-order valence-corrected chi connectivity index (χ2v) is 6.74. The summed E-state index contributed by atoms with van der Waals surface area (Å²) in [5.41, 5.74) is 2.94. The second kappa shape index (κ2) is 10.7. The molecule has 1 N–H and O–H groups in total. The van der Waals surface area contributed by atoms with E-state index in [1.807, 2.05) is 0 Å². The highest BCUT2D eigenvalue weighted by molar-refractivity contribution is 6.30. The number of carbonyl (C=O) groups is 2. The van der Waals surface area contributed by atoms with Crippen molar-refractivity contribution in [3.05, 3.63) is 99.1 Å². The molecule has 0 saturated heterocycles. The maximum absolute atomic E-state index is 12.2. The Hall–Kier alpha value is -4.24. The lowest BCUT2D eigenvalue weighted by Crippen LogP contribution is -2.24. The van der Waals surface area contributed by atoms with Gasteiger partial charge in [-0.3, -0.25) is 14.9 Å². The van der Waals surface area contributed by atoms with Crippen LogP contribution >= 0.6 is 11.6 Å². The van der Waals surface area contributed by atoms with E-state index in [1.54, 1.807) is 48.5 Å². The molecule has 9 nitrogen and oxygen atoms in total. The summed E-state index contributed by atoms with van der Waals surface area (Å²) in [6, 6.07) is 18.1. The molecule has 0 atom stereocenters. The lowest BCUT2D eigenvalue weighted by atomic mass is 10.2. The van der Waals surface area contributed by atoms with Gasteiger partial charge in [0.25, 0.3) is 11.6 Å². The largest absolute Gasteiger partial charge is 0.484 e. The van der Waals surface area contributed by atoms with E-state index in [-0.39, 0.29) is 23.6 Å². The molecular weight excluding hydrogens is 438 g/mol. The van der Waals surface area contributed by atoms with Crippen LogP contribution in [0.2, 0.25) is 5.02 Å². The molecule has 0 aliphatic heterocycles.